The highest BCUT2D eigenvalue weighted by molar-refractivity contribution is 5.29. The highest BCUT2D eigenvalue weighted by Crippen LogP contribution is 2.47. The van der Waals surface area contributed by atoms with Crippen LogP contribution in [0.3, 0.4) is 0 Å². The third-order valence-electron chi connectivity index (χ3n) is 2.98. The van der Waals surface area contributed by atoms with Gasteiger partial charge in [0.25, 0.3) is 0 Å². The third-order valence-corrected chi connectivity index (χ3v) is 2.98. The Labute approximate surface area is 82.5 Å². The summed E-state index contributed by atoms with van der Waals surface area (Å²) in [7, 11) is 0. The molecule has 1 saturated carbocycles. The summed E-state index contributed by atoms with van der Waals surface area (Å²) in [6, 6.07) is 4.55. The summed E-state index contributed by atoms with van der Waals surface area (Å²) < 4.78 is 13.0. The molecule has 1 fully saturated rings. The van der Waals surface area contributed by atoms with Crippen molar-refractivity contribution in [3.63, 3.8) is 0 Å². The first-order valence-corrected chi connectivity index (χ1v) is 4.83. The van der Waals surface area contributed by atoms with Crippen molar-refractivity contribution in [1.82, 2.24) is 0 Å². The molecule has 3 heteroatoms. The SMILES string of the molecule is NCC1(Cc2ccc(O)c(F)c2)CC1. The maximum absolute atomic E-state index is 13.0. The molecular formula is C11H14FNO. The molecular weight excluding hydrogens is 181 g/mol. The van der Waals surface area contributed by atoms with Gasteiger partial charge in [-0.2, -0.15) is 0 Å². The Hall–Kier alpha value is -1.09. The van der Waals surface area contributed by atoms with Gasteiger partial charge in [0.15, 0.2) is 11.6 Å². The van der Waals surface area contributed by atoms with Crippen molar-refractivity contribution in [2.45, 2.75) is 19.3 Å². The highest BCUT2D eigenvalue weighted by Gasteiger charge is 2.40. The van der Waals surface area contributed by atoms with Crippen LogP contribution in [0, 0.1) is 11.2 Å². The molecule has 0 bridgehead atoms. The van der Waals surface area contributed by atoms with Crippen molar-refractivity contribution >= 4 is 0 Å². The first-order valence-electron chi connectivity index (χ1n) is 4.83. The lowest BCUT2D eigenvalue weighted by molar-refractivity contribution is 0.430. The zero-order valence-corrected chi connectivity index (χ0v) is 7.96. The van der Waals surface area contributed by atoms with E-state index in [2.05, 4.69) is 0 Å². The maximum atomic E-state index is 13.0. The summed E-state index contributed by atoms with van der Waals surface area (Å²) in [6.07, 6.45) is 3.08. The summed E-state index contributed by atoms with van der Waals surface area (Å²) >= 11 is 0. The Bertz CT molecular complexity index is 347. The van der Waals surface area contributed by atoms with E-state index in [0.717, 1.165) is 24.8 Å². The van der Waals surface area contributed by atoms with Gasteiger partial charge >= 0.3 is 0 Å². The second-order valence-corrected chi connectivity index (χ2v) is 4.17. The fourth-order valence-corrected chi connectivity index (χ4v) is 1.72. The van der Waals surface area contributed by atoms with Crippen LogP contribution in [0.25, 0.3) is 0 Å². The number of hydrogen-bond acceptors (Lipinski definition) is 2. The molecule has 76 valence electrons. The highest BCUT2D eigenvalue weighted by atomic mass is 19.1. The van der Waals surface area contributed by atoms with Crippen molar-refractivity contribution in [3.05, 3.63) is 29.6 Å². The smallest absolute Gasteiger partial charge is 0.165 e. The van der Waals surface area contributed by atoms with E-state index in [1.54, 1.807) is 6.07 Å². The molecule has 0 atom stereocenters. The Kier molecular flexibility index (Phi) is 2.19. The number of benzene rings is 1. The van der Waals surface area contributed by atoms with E-state index >= 15 is 0 Å². The van der Waals surface area contributed by atoms with Gasteiger partial charge in [0.1, 0.15) is 0 Å². The molecule has 0 radical (unpaired) electrons. The van der Waals surface area contributed by atoms with Crippen LogP contribution in [0.1, 0.15) is 18.4 Å². The van der Waals surface area contributed by atoms with E-state index in [9.17, 15) is 4.39 Å². The molecule has 2 rings (SSSR count). The first kappa shape index (κ1) is 9.46. The average Bonchev–Trinajstić information content (AvgIpc) is 2.93. The Morgan fingerprint density at radius 3 is 2.64 bits per heavy atom. The van der Waals surface area contributed by atoms with Gasteiger partial charge in [0, 0.05) is 0 Å². The second kappa shape index (κ2) is 3.24. The molecule has 0 saturated heterocycles. The zero-order chi connectivity index (χ0) is 10.2. The molecule has 0 aliphatic heterocycles. The van der Waals surface area contributed by atoms with Gasteiger partial charge in [-0.25, -0.2) is 4.39 Å². The van der Waals surface area contributed by atoms with E-state index in [0.29, 0.717) is 6.54 Å². The van der Waals surface area contributed by atoms with Crippen LogP contribution in [0.2, 0.25) is 0 Å². The summed E-state index contributed by atoms with van der Waals surface area (Å²) in [6.45, 7) is 0.662. The van der Waals surface area contributed by atoms with Crippen molar-refractivity contribution in [2.24, 2.45) is 11.1 Å². The number of hydrogen-bond donors (Lipinski definition) is 2. The van der Waals surface area contributed by atoms with Crippen LogP contribution < -0.4 is 5.73 Å². The predicted octanol–water partition coefficient (Wildman–Crippen LogP) is 1.81. The van der Waals surface area contributed by atoms with Crippen LogP contribution in [-0.2, 0) is 6.42 Å². The minimum atomic E-state index is -0.546. The topological polar surface area (TPSA) is 46.2 Å². The van der Waals surface area contributed by atoms with Crippen molar-refractivity contribution < 1.29 is 9.50 Å². The van der Waals surface area contributed by atoms with Gasteiger partial charge < -0.3 is 10.8 Å². The van der Waals surface area contributed by atoms with E-state index < -0.39 is 5.82 Å². The lowest BCUT2D eigenvalue weighted by Crippen LogP contribution is -2.17. The zero-order valence-electron chi connectivity index (χ0n) is 7.96. The van der Waals surface area contributed by atoms with Gasteiger partial charge in [-0.15, -0.1) is 0 Å². The molecule has 0 spiro atoms. The van der Waals surface area contributed by atoms with Gasteiger partial charge in [0.2, 0.25) is 0 Å². The standard InChI is InChI=1S/C11H14FNO/c12-9-5-8(1-2-10(9)14)6-11(7-13)3-4-11/h1-2,5,14H,3-4,6-7,13H2. The second-order valence-electron chi connectivity index (χ2n) is 4.17. The molecule has 1 aromatic carbocycles. The summed E-state index contributed by atoms with van der Waals surface area (Å²) in [4.78, 5) is 0. The number of rotatable bonds is 3. The van der Waals surface area contributed by atoms with Crippen LogP contribution >= 0.6 is 0 Å². The normalized spacial score (nSPS) is 18.1. The van der Waals surface area contributed by atoms with E-state index in [1.165, 1.54) is 12.1 Å². The average molecular weight is 195 g/mol. The van der Waals surface area contributed by atoms with Gasteiger partial charge in [-0.05, 0) is 48.9 Å². The van der Waals surface area contributed by atoms with Gasteiger partial charge in [-0.1, -0.05) is 6.07 Å². The van der Waals surface area contributed by atoms with Crippen LogP contribution in [0.4, 0.5) is 4.39 Å². The van der Waals surface area contributed by atoms with Crippen molar-refractivity contribution in [1.29, 1.82) is 0 Å². The van der Waals surface area contributed by atoms with Crippen LogP contribution in [0.5, 0.6) is 5.75 Å². The first-order chi connectivity index (χ1) is 6.65. The summed E-state index contributed by atoms with van der Waals surface area (Å²) in [5.41, 5.74) is 6.77. The van der Waals surface area contributed by atoms with Gasteiger partial charge in [-0.3, -0.25) is 0 Å². The lowest BCUT2D eigenvalue weighted by Gasteiger charge is -2.11. The summed E-state index contributed by atoms with van der Waals surface area (Å²) in [5, 5.41) is 9.02. The molecule has 0 heterocycles. The number of phenols is 1. The molecule has 1 aromatic rings. The lowest BCUT2D eigenvalue weighted by atomic mass is 9.96. The Balaban J connectivity index is 2.14. The van der Waals surface area contributed by atoms with E-state index in [1.807, 2.05) is 0 Å². The summed E-state index contributed by atoms with van der Waals surface area (Å²) in [5.74, 6) is -0.832. The molecule has 1 aliphatic rings. The van der Waals surface area contributed by atoms with Crippen molar-refractivity contribution in [2.75, 3.05) is 6.54 Å². The molecule has 2 nitrogen and oxygen atoms in total. The number of aromatic hydroxyl groups is 1. The fraction of sp³-hybridized carbons (Fsp3) is 0.455. The van der Waals surface area contributed by atoms with Gasteiger partial charge in [0.05, 0.1) is 0 Å². The van der Waals surface area contributed by atoms with E-state index in [4.69, 9.17) is 10.8 Å². The fourth-order valence-electron chi connectivity index (χ4n) is 1.72. The minimum Gasteiger partial charge on any atom is -0.505 e. The number of phenolic OH excluding ortho intramolecular Hbond substituents is 1. The largest absolute Gasteiger partial charge is 0.505 e. The molecule has 3 N–H and O–H groups in total. The molecule has 0 amide bonds. The number of nitrogens with two attached hydrogens (primary N) is 1. The quantitative estimate of drug-likeness (QED) is 0.772. The molecule has 0 unspecified atom stereocenters. The molecule has 14 heavy (non-hydrogen) atoms. The Morgan fingerprint density at radius 1 is 1.43 bits per heavy atom. The van der Waals surface area contributed by atoms with Crippen molar-refractivity contribution in [3.8, 4) is 5.75 Å². The predicted molar refractivity (Wildman–Crippen MR) is 52.5 cm³/mol. The van der Waals surface area contributed by atoms with E-state index in [-0.39, 0.29) is 11.2 Å². The third kappa shape index (κ3) is 1.73. The Morgan fingerprint density at radius 2 is 2.14 bits per heavy atom. The minimum absolute atomic E-state index is 0.212. The van der Waals surface area contributed by atoms with Crippen LogP contribution in [-0.4, -0.2) is 11.7 Å². The van der Waals surface area contributed by atoms with Crippen LogP contribution in [0.15, 0.2) is 18.2 Å². The monoisotopic (exact) mass is 195 g/mol. The number of halogens is 1. The maximum Gasteiger partial charge on any atom is 0.165 e. The molecule has 0 aromatic heterocycles. The molecule has 1 aliphatic carbocycles.